The Morgan fingerprint density at radius 3 is 2.53 bits per heavy atom. The van der Waals surface area contributed by atoms with Gasteiger partial charge in [0.2, 0.25) is 0 Å². The summed E-state index contributed by atoms with van der Waals surface area (Å²) in [5.74, 6) is 0.187. The third kappa shape index (κ3) is 4.04. The van der Waals surface area contributed by atoms with Crippen LogP contribution >= 0.6 is 15.9 Å². The summed E-state index contributed by atoms with van der Waals surface area (Å²) in [6, 6.07) is 20.9. The highest BCUT2D eigenvalue weighted by atomic mass is 79.9. The van der Waals surface area contributed by atoms with E-state index in [2.05, 4.69) is 20.9 Å². The summed E-state index contributed by atoms with van der Waals surface area (Å²) < 4.78 is 20.9. The lowest BCUT2D eigenvalue weighted by molar-refractivity contribution is -0.113. The van der Waals surface area contributed by atoms with Crippen LogP contribution in [0.25, 0.3) is 6.08 Å². The maximum Gasteiger partial charge on any atom is 0.282 e. The van der Waals surface area contributed by atoms with Gasteiger partial charge >= 0.3 is 0 Å². The lowest BCUT2D eigenvalue weighted by atomic mass is 10.1. The zero-order valence-electron chi connectivity index (χ0n) is 16.2. The summed E-state index contributed by atoms with van der Waals surface area (Å²) in [5.41, 5.74) is 1.90. The molecule has 3 aromatic rings. The van der Waals surface area contributed by atoms with E-state index in [0.717, 1.165) is 10.0 Å². The van der Waals surface area contributed by atoms with E-state index in [0.29, 0.717) is 18.0 Å². The monoisotopic (exact) mass is 464 g/mol. The van der Waals surface area contributed by atoms with E-state index in [-0.39, 0.29) is 23.0 Å². The van der Waals surface area contributed by atoms with Gasteiger partial charge in [-0.3, -0.25) is 9.69 Å². The topological polar surface area (TPSA) is 41.9 Å². The van der Waals surface area contributed by atoms with Crippen LogP contribution < -0.4 is 9.64 Å². The van der Waals surface area contributed by atoms with Crippen molar-refractivity contribution in [3.63, 3.8) is 0 Å². The third-order valence-corrected chi connectivity index (χ3v) is 5.03. The summed E-state index contributed by atoms with van der Waals surface area (Å²) in [7, 11) is 0. The van der Waals surface area contributed by atoms with Gasteiger partial charge < -0.3 is 4.74 Å². The van der Waals surface area contributed by atoms with Gasteiger partial charge in [0.15, 0.2) is 5.84 Å². The number of benzene rings is 3. The molecule has 6 heteroatoms. The Hall–Kier alpha value is -3.25. The van der Waals surface area contributed by atoms with Gasteiger partial charge in [0, 0.05) is 4.47 Å². The molecule has 4 nitrogen and oxygen atoms in total. The Bertz CT molecular complexity index is 1160. The van der Waals surface area contributed by atoms with Crippen molar-refractivity contribution in [1.29, 1.82) is 0 Å². The van der Waals surface area contributed by atoms with Gasteiger partial charge in [-0.05, 0) is 67.1 Å². The molecule has 0 N–H and O–H groups in total. The first-order chi connectivity index (χ1) is 14.6. The molecule has 0 fully saturated rings. The molecule has 0 radical (unpaired) electrons. The van der Waals surface area contributed by atoms with Crippen LogP contribution in [-0.2, 0) is 4.79 Å². The molecule has 0 spiro atoms. The minimum atomic E-state index is -0.441. The number of ether oxygens (including phenoxy) is 1. The molecule has 0 atom stereocenters. The summed E-state index contributed by atoms with van der Waals surface area (Å²) in [6.45, 7) is 2.45. The summed E-state index contributed by atoms with van der Waals surface area (Å²) in [4.78, 5) is 19.2. The predicted octanol–water partition coefficient (Wildman–Crippen LogP) is 5.82. The van der Waals surface area contributed by atoms with Crippen LogP contribution in [-0.4, -0.2) is 18.3 Å². The lowest BCUT2D eigenvalue weighted by Crippen LogP contribution is -2.33. The minimum absolute atomic E-state index is 0.236. The van der Waals surface area contributed by atoms with Crippen molar-refractivity contribution >= 4 is 39.4 Å². The van der Waals surface area contributed by atoms with Crippen molar-refractivity contribution in [3.05, 3.63) is 99.9 Å². The van der Waals surface area contributed by atoms with Crippen LogP contribution in [0, 0.1) is 5.82 Å². The minimum Gasteiger partial charge on any atom is -0.494 e. The molecule has 1 aliphatic rings. The van der Waals surface area contributed by atoms with E-state index >= 15 is 0 Å². The van der Waals surface area contributed by atoms with Crippen LogP contribution in [0.2, 0.25) is 0 Å². The van der Waals surface area contributed by atoms with Gasteiger partial charge in [-0.2, -0.15) is 0 Å². The maximum absolute atomic E-state index is 14.6. The summed E-state index contributed by atoms with van der Waals surface area (Å²) in [5, 5.41) is 0. The fraction of sp³-hybridized carbons (Fsp3) is 0.0833. The number of hydrogen-bond acceptors (Lipinski definition) is 3. The number of carbonyl (C=O) groups excluding carboxylic acids is 1. The number of halogens is 2. The molecule has 0 saturated heterocycles. The largest absolute Gasteiger partial charge is 0.494 e. The smallest absolute Gasteiger partial charge is 0.282 e. The first kappa shape index (κ1) is 20.0. The molecule has 0 bridgehead atoms. The number of aliphatic imine (C=N–C) groups is 1. The van der Waals surface area contributed by atoms with Crippen molar-refractivity contribution in [2.45, 2.75) is 6.92 Å². The number of nitrogens with zero attached hydrogens (tertiary/aromatic N) is 2. The number of amides is 1. The van der Waals surface area contributed by atoms with Crippen LogP contribution in [0.1, 0.15) is 18.1 Å². The molecule has 0 aromatic heterocycles. The van der Waals surface area contributed by atoms with Crippen molar-refractivity contribution in [3.8, 4) is 5.75 Å². The van der Waals surface area contributed by atoms with E-state index < -0.39 is 5.82 Å². The van der Waals surface area contributed by atoms with Gasteiger partial charge in [0.1, 0.15) is 17.3 Å². The highest BCUT2D eigenvalue weighted by molar-refractivity contribution is 9.10. The fourth-order valence-corrected chi connectivity index (χ4v) is 3.61. The normalized spacial score (nSPS) is 14.9. The van der Waals surface area contributed by atoms with E-state index in [1.54, 1.807) is 48.5 Å². The molecule has 0 aliphatic carbocycles. The first-order valence-electron chi connectivity index (χ1n) is 9.45. The van der Waals surface area contributed by atoms with E-state index in [1.165, 1.54) is 11.0 Å². The van der Waals surface area contributed by atoms with Gasteiger partial charge in [0.05, 0.1) is 17.9 Å². The van der Waals surface area contributed by atoms with Crippen LogP contribution in [0.5, 0.6) is 5.75 Å². The van der Waals surface area contributed by atoms with Crippen LogP contribution in [0.3, 0.4) is 0 Å². The Kier molecular flexibility index (Phi) is 5.77. The molecule has 3 aromatic carbocycles. The molecular weight excluding hydrogens is 447 g/mol. The SMILES string of the molecule is CCOc1ccc(N2C(=O)/C(=C\c3cccc(Br)c3)N=C2c2ccccc2F)cc1. The second kappa shape index (κ2) is 8.63. The van der Waals surface area contributed by atoms with E-state index in [9.17, 15) is 9.18 Å². The Labute approximate surface area is 182 Å². The average Bonchev–Trinajstić information content (AvgIpc) is 3.05. The van der Waals surface area contributed by atoms with E-state index in [4.69, 9.17) is 4.74 Å². The molecule has 4 rings (SSSR count). The Morgan fingerprint density at radius 1 is 1.07 bits per heavy atom. The number of rotatable bonds is 5. The van der Waals surface area contributed by atoms with Crippen molar-refractivity contribution < 1.29 is 13.9 Å². The quantitative estimate of drug-likeness (QED) is 0.446. The molecule has 150 valence electrons. The van der Waals surface area contributed by atoms with E-state index in [1.807, 2.05) is 31.2 Å². The highest BCUT2D eigenvalue weighted by Crippen LogP contribution is 2.30. The molecule has 0 saturated carbocycles. The van der Waals surface area contributed by atoms with Gasteiger partial charge in [-0.1, -0.05) is 40.2 Å². The van der Waals surface area contributed by atoms with Crippen LogP contribution in [0.15, 0.2) is 88.0 Å². The van der Waals surface area contributed by atoms with Gasteiger partial charge in [-0.25, -0.2) is 9.38 Å². The highest BCUT2D eigenvalue weighted by Gasteiger charge is 2.33. The lowest BCUT2D eigenvalue weighted by Gasteiger charge is -2.19. The molecule has 30 heavy (non-hydrogen) atoms. The molecule has 1 aliphatic heterocycles. The standard InChI is InChI=1S/C24H18BrFN2O2/c1-2-30-19-12-10-18(11-13-19)28-23(20-8-3-4-9-21(20)26)27-22(24(28)29)15-16-6-5-7-17(25)14-16/h3-15H,2H2,1H3/b22-15+. The maximum atomic E-state index is 14.6. The number of anilines is 1. The second-order valence-electron chi connectivity index (χ2n) is 6.57. The molecule has 1 heterocycles. The van der Waals surface area contributed by atoms with Crippen LogP contribution in [0.4, 0.5) is 10.1 Å². The molecular formula is C24H18BrFN2O2. The average molecular weight is 465 g/mol. The third-order valence-electron chi connectivity index (χ3n) is 4.53. The fourth-order valence-electron chi connectivity index (χ4n) is 3.19. The second-order valence-corrected chi connectivity index (χ2v) is 7.48. The molecule has 1 amide bonds. The Morgan fingerprint density at radius 2 is 1.83 bits per heavy atom. The number of carbonyl (C=O) groups is 1. The zero-order valence-corrected chi connectivity index (χ0v) is 17.8. The summed E-state index contributed by atoms with van der Waals surface area (Å²) >= 11 is 3.43. The predicted molar refractivity (Wildman–Crippen MR) is 120 cm³/mol. The van der Waals surface area contributed by atoms with Gasteiger partial charge in [0.25, 0.3) is 5.91 Å². The zero-order chi connectivity index (χ0) is 21.1. The van der Waals surface area contributed by atoms with Crippen molar-refractivity contribution in [2.24, 2.45) is 4.99 Å². The number of amidine groups is 1. The summed E-state index contributed by atoms with van der Waals surface area (Å²) in [6.07, 6.45) is 1.70. The first-order valence-corrected chi connectivity index (χ1v) is 10.2. The Balaban J connectivity index is 1.80. The van der Waals surface area contributed by atoms with Crippen molar-refractivity contribution in [2.75, 3.05) is 11.5 Å². The van der Waals surface area contributed by atoms with Gasteiger partial charge in [-0.15, -0.1) is 0 Å². The van der Waals surface area contributed by atoms with Crippen molar-refractivity contribution in [1.82, 2.24) is 0 Å². The molecule has 0 unspecified atom stereocenters. The number of hydrogen-bond donors (Lipinski definition) is 0.